The highest BCUT2D eigenvalue weighted by Gasteiger charge is 2.18. The maximum Gasteiger partial charge on any atom is 0.339 e. The van der Waals surface area contributed by atoms with Gasteiger partial charge in [0.25, 0.3) is 0 Å². The van der Waals surface area contributed by atoms with Crippen LogP contribution < -0.4 is 10.7 Å². The van der Waals surface area contributed by atoms with Crippen LogP contribution in [-0.4, -0.2) is 28.1 Å². The summed E-state index contributed by atoms with van der Waals surface area (Å²) in [7, 11) is 1.55. The fraction of sp³-hybridized carbons (Fsp3) is 0.250. The standard InChI is InChI=1S/C16H15N3O4/c1-7(2)10-4-5-11-12(18-10)13(20)8-6-9(16(21)22)14(17-3)19-15(8)23-11/h4-7H,1-3H3,(H,17,19)(H,21,22). The molecule has 0 aliphatic carbocycles. The minimum atomic E-state index is -1.17. The number of nitrogens with one attached hydrogen (secondary N) is 1. The molecule has 23 heavy (non-hydrogen) atoms. The number of nitrogens with zero attached hydrogens (tertiary/aromatic N) is 2. The molecule has 0 bridgehead atoms. The summed E-state index contributed by atoms with van der Waals surface area (Å²) < 4.78 is 5.63. The molecule has 0 atom stereocenters. The van der Waals surface area contributed by atoms with Crippen molar-refractivity contribution in [2.45, 2.75) is 19.8 Å². The van der Waals surface area contributed by atoms with Crippen LogP contribution in [0.1, 0.15) is 35.8 Å². The number of fused-ring (bicyclic) bond motifs is 2. The molecule has 0 amide bonds. The first-order valence-corrected chi connectivity index (χ1v) is 7.12. The number of hydrogen-bond acceptors (Lipinski definition) is 6. The number of rotatable bonds is 3. The first-order valence-electron chi connectivity index (χ1n) is 7.12. The van der Waals surface area contributed by atoms with Crippen molar-refractivity contribution in [2.24, 2.45) is 0 Å². The van der Waals surface area contributed by atoms with E-state index in [2.05, 4.69) is 15.3 Å². The minimum Gasteiger partial charge on any atom is -0.478 e. The molecule has 0 aliphatic rings. The van der Waals surface area contributed by atoms with Gasteiger partial charge in [-0.2, -0.15) is 4.98 Å². The topological polar surface area (TPSA) is 105 Å². The Morgan fingerprint density at radius 2 is 2.04 bits per heavy atom. The van der Waals surface area contributed by atoms with Crippen LogP contribution in [0.3, 0.4) is 0 Å². The molecule has 0 fully saturated rings. The number of carbonyl (C=O) groups is 1. The van der Waals surface area contributed by atoms with Crippen molar-refractivity contribution in [3.63, 3.8) is 0 Å². The maximum atomic E-state index is 12.7. The largest absolute Gasteiger partial charge is 0.478 e. The van der Waals surface area contributed by atoms with Gasteiger partial charge in [-0.25, -0.2) is 9.78 Å². The van der Waals surface area contributed by atoms with Gasteiger partial charge in [-0.15, -0.1) is 0 Å². The van der Waals surface area contributed by atoms with Crippen molar-refractivity contribution < 1.29 is 14.3 Å². The van der Waals surface area contributed by atoms with Crippen LogP contribution in [0.25, 0.3) is 22.2 Å². The molecule has 118 valence electrons. The zero-order valence-corrected chi connectivity index (χ0v) is 12.9. The van der Waals surface area contributed by atoms with E-state index in [1.165, 1.54) is 6.07 Å². The van der Waals surface area contributed by atoms with E-state index in [0.717, 1.165) is 5.69 Å². The first kappa shape index (κ1) is 15.0. The van der Waals surface area contributed by atoms with Crippen molar-refractivity contribution in [3.8, 4) is 0 Å². The second kappa shape index (κ2) is 5.35. The molecule has 7 heteroatoms. The van der Waals surface area contributed by atoms with E-state index in [1.807, 2.05) is 13.8 Å². The summed E-state index contributed by atoms with van der Waals surface area (Å²) in [6.45, 7) is 3.94. The normalized spacial score (nSPS) is 11.3. The number of anilines is 1. The van der Waals surface area contributed by atoms with Gasteiger partial charge in [0.15, 0.2) is 11.1 Å². The van der Waals surface area contributed by atoms with Crippen LogP contribution in [0.5, 0.6) is 0 Å². The van der Waals surface area contributed by atoms with Gasteiger partial charge in [-0.05, 0) is 24.1 Å². The van der Waals surface area contributed by atoms with E-state index in [-0.39, 0.29) is 39.3 Å². The van der Waals surface area contributed by atoms with Crippen molar-refractivity contribution in [2.75, 3.05) is 12.4 Å². The Balaban J connectivity index is 2.41. The van der Waals surface area contributed by atoms with Crippen LogP contribution >= 0.6 is 0 Å². The van der Waals surface area contributed by atoms with Crippen LogP contribution in [0.15, 0.2) is 27.4 Å². The quantitative estimate of drug-likeness (QED) is 0.716. The fourth-order valence-electron chi connectivity index (χ4n) is 2.35. The monoisotopic (exact) mass is 313 g/mol. The predicted molar refractivity (Wildman–Crippen MR) is 86.2 cm³/mol. The summed E-state index contributed by atoms with van der Waals surface area (Å²) in [6, 6.07) is 4.75. The van der Waals surface area contributed by atoms with Crippen LogP contribution in [0, 0.1) is 0 Å². The molecule has 0 unspecified atom stereocenters. The molecule has 0 saturated heterocycles. The summed E-state index contributed by atoms with van der Waals surface area (Å²) in [5, 5.41) is 12.0. The Kier molecular flexibility index (Phi) is 3.48. The van der Waals surface area contributed by atoms with Crippen LogP contribution in [-0.2, 0) is 0 Å². The summed E-state index contributed by atoms with van der Waals surface area (Å²) in [5.74, 6) is -0.875. The van der Waals surface area contributed by atoms with Gasteiger partial charge in [-0.1, -0.05) is 13.8 Å². The third kappa shape index (κ3) is 2.40. The Morgan fingerprint density at radius 3 is 2.65 bits per heavy atom. The number of pyridine rings is 2. The Hall–Kier alpha value is -2.96. The van der Waals surface area contributed by atoms with E-state index < -0.39 is 5.97 Å². The van der Waals surface area contributed by atoms with E-state index in [0.29, 0.717) is 5.58 Å². The zero-order chi connectivity index (χ0) is 16.7. The van der Waals surface area contributed by atoms with Gasteiger partial charge in [0.2, 0.25) is 11.1 Å². The molecule has 0 saturated carbocycles. The SMILES string of the molecule is CNc1nc2oc3ccc(C(C)C)nc3c(=O)c2cc1C(=O)O. The molecule has 0 aromatic carbocycles. The van der Waals surface area contributed by atoms with Gasteiger partial charge in [0, 0.05) is 12.7 Å². The molecule has 3 aromatic rings. The lowest BCUT2D eigenvalue weighted by Gasteiger charge is -2.08. The first-order chi connectivity index (χ1) is 10.9. The Labute approximate surface area is 131 Å². The average Bonchev–Trinajstić information content (AvgIpc) is 2.53. The molecule has 2 N–H and O–H groups in total. The van der Waals surface area contributed by atoms with E-state index in [4.69, 9.17) is 4.42 Å². The molecule has 3 aromatic heterocycles. The van der Waals surface area contributed by atoms with Gasteiger partial charge in [-0.3, -0.25) is 4.79 Å². The fourth-order valence-corrected chi connectivity index (χ4v) is 2.35. The smallest absolute Gasteiger partial charge is 0.339 e. The molecular weight excluding hydrogens is 298 g/mol. The predicted octanol–water partition coefficient (Wildman–Crippen LogP) is 2.60. The lowest BCUT2D eigenvalue weighted by Crippen LogP contribution is -2.11. The number of carboxylic acid groups (broad SMARTS) is 1. The highest BCUT2D eigenvalue weighted by atomic mass is 16.4. The van der Waals surface area contributed by atoms with E-state index in [1.54, 1.807) is 19.2 Å². The molecule has 7 nitrogen and oxygen atoms in total. The lowest BCUT2D eigenvalue weighted by atomic mass is 10.1. The molecule has 3 heterocycles. The van der Waals surface area contributed by atoms with Crippen molar-refractivity contribution in [1.82, 2.24) is 9.97 Å². The molecule has 3 rings (SSSR count). The molecular formula is C16H15N3O4. The number of aromatic nitrogens is 2. The third-order valence-corrected chi connectivity index (χ3v) is 3.59. The second-order valence-electron chi connectivity index (χ2n) is 5.46. The zero-order valence-electron chi connectivity index (χ0n) is 12.9. The van der Waals surface area contributed by atoms with Gasteiger partial charge < -0.3 is 14.8 Å². The van der Waals surface area contributed by atoms with Gasteiger partial charge in [0.05, 0.1) is 5.39 Å². The molecule has 0 radical (unpaired) electrons. The van der Waals surface area contributed by atoms with Gasteiger partial charge in [0.1, 0.15) is 11.4 Å². The van der Waals surface area contributed by atoms with Crippen molar-refractivity contribution >= 4 is 34.0 Å². The molecule has 0 aliphatic heterocycles. The highest BCUT2D eigenvalue weighted by Crippen LogP contribution is 2.23. The van der Waals surface area contributed by atoms with Crippen molar-refractivity contribution in [1.29, 1.82) is 0 Å². The minimum absolute atomic E-state index is 0.0796. The van der Waals surface area contributed by atoms with Crippen molar-refractivity contribution in [3.05, 3.63) is 39.7 Å². The number of carboxylic acids is 1. The summed E-state index contributed by atoms with van der Waals surface area (Å²) in [5.41, 5.74) is 0.870. The average molecular weight is 313 g/mol. The Morgan fingerprint density at radius 1 is 1.30 bits per heavy atom. The van der Waals surface area contributed by atoms with Crippen LogP contribution in [0.4, 0.5) is 5.82 Å². The Bertz CT molecular complexity index is 992. The van der Waals surface area contributed by atoms with Crippen LogP contribution in [0.2, 0.25) is 0 Å². The summed E-state index contributed by atoms with van der Waals surface area (Å²) in [4.78, 5) is 32.4. The maximum absolute atomic E-state index is 12.7. The summed E-state index contributed by atoms with van der Waals surface area (Å²) in [6.07, 6.45) is 0. The lowest BCUT2D eigenvalue weighted by molar-refractivity contribution is 0.0698. The number of aromatic carboxylic acids is 1. The van der Waals surface area contributed by atoms with E-state index in [9.17, 15) is 14.7 Å². The van der Waals surface area contributed by atoms with E-state index >= 15 is 0 Å². The summed E-state index contributed by atoms with van der Waals surface area (Å²) >= 11 is 0. The molecule has 0 spiro atoms. The highest BCUT2D eigenvalue weighted by molar-refractivity contribution is 5.98. The third-order valence-electron chi connectivity index (χ3n) is 3.59. The number of hydrogen-bond donors (Lipinski definition) is 2. The van der Waals surface area contributed by atoms with Gasteiger partial charge >= 0.3 is 5.97 Å². The second-order valence-corrected chi connectivity index (χ2v) is 5.46.